The Labute approximate surface area is 109 Å². The molecule has 1 aromatic heterocycles. The molecular weight excluding hydrogens is 248 g/mol. The van der Waals surface area contributed by atoms with Crippen molar-refractivity contribution in [1.29, 1.82) is 0 Å². The average molecular weight is 259 g/mol. The van der Waals surface area contributed by atoms with Crippen LogP contribution in [0, 0.1) is 0 Å². The highest BCUT2D eigenvalue weighted by atomic mass is 35.5. The second-order valence-corrected chi connectivity index (χ2v) is 4.58. The monoisotopic (exact) mass is 258 g/mol. The van der Waals surface area contributed by atoms with Crippen LogP contribution in [0.2, 0.25) is 5.02 Å². The first-order chi connectivity index (χ1) is 8.75. The Morgan fingerprint density at radius 2 is 1.94 bits per heavy atom. The van der Waals surface area contributed by atoms with E-state index >= 15 is 0 Å². The van der Waals surface area contributed by atoms with E-state index in [2.05, 4.69) is 10.2 Å². The van der Waals surface area contributed by atoms with Gasteiger partial charge >= 0.3 is 0 Å². The highest BCUT2D eigenvalue weighted by molar-refractivity contribution is 6.31. The molecular formula is C14H11ClN2O. The summed E-state index contributed by atoms with van der Waals surface area (Å²) in [5, 5.41) is 18.7. The van der Waals surface area contributed by atoms with Gasteiger partial charge in [0.05, 0.1) is 11.7 Å². The molecule has 3 aromatic rings. The third-order valence-corrected chi connectivity index (χ3v) is 3.18. The maximum Gasteiger partial charge on any atom is 0.105 e. The van der Waals surface area contributed by atoms with E-state index in [0.717, 1.165) is 22.0 Å². The van der Waals surface area contributed by atoms with Crippen LogP contribution in [-0.2, 0) is 0 Å². The minimum absolute atomic E-state index is 0.580. The van der Waals surface area contributed by atoms with Crippen molar-refractivity contribution in [2.24, 2.45) is 0 Å². The second kappa shape index (κ2) is 4.44. The maximum absolute atomic E-state index is 10.4. The van der Waals surface area contributed by atoms with Gasteiger partial charge < -0.3 is 5.11 Å². The minimum Gasteiger partial charge on any atom is -0.384 e. The van der Waals surface area contributed by atoms with Gasteiger partial charge in [0.2, 0.25) is 0 Å². The number of fused-ring (bicyclic) bond motifs is 1. The van der Waals surface area contributed by atoms with Crippen LogP contribution in [0.15, 0.2) is 48.7 Å². The molecule has 0 amide bonds. The molecule has 2 aromatic carbocycles. The highest BCUT2D eigenvalue weighted by Gasteiger charge is 2.15. The number of H-pyrrole nitrogens is 1. The van der Waals surface area contributed by atoms with Gasteiger partial charge in [-0.1, -0.05) is 41.9 Å². The smallest absolute Gasteiger partial charge is 0.105 e. The molecule has 18 heavy (non-hydrogen) atoms. The quantitative estimate of drug-likeness (QED) is 0.741. The predicted octanol–water partition coefficient (Wildman–Crippen LogP) is 3.30. The van der Waals surface area contributed by atoms with Gasteiger partial charge in [-0.25, -0.2) is 0 Å². The molecule has 90 valence electrons. The Morgan fingerprint density at radius 3 is 2.72 bits per heavy atom. The van der Waals surface area contributed by atoms with Gasteiger partial charge in [0.1, 0.15) is 6.10 Å². The van der Waals surface area contributed by atoms with Crippen LogP contribution in [0.5, 0.6) is 0 Å². The van der Waals surface area contributed by atoms with E-state index in [4.69, 9.17) is 11.6 Å². The van der Waals surface area contributed by atoms with E-state index in [0.29, 0.717) is 5.02 Å². The predicted molar refractivity (Wildman–Crippen MR) is 71.6 cm³/mol. The fourth-order valence-electron chi connectivity index (χ4n) is 2.08. The van der Waals surface area contributed by atoms with Crippen molar-refractivity contribution in [2.75, 3.05) is 0 Å². The Balaban J connectivity index is 2.17. The summed E-state index contributed by atoms with van der Waals surface area (Å²) in [7, 11) is 0. The van der Waals surface area contributed by atoms with E-state index in [1.807, 2.05) is 30.3 Å². The normalized spacial score (nSPS) is 12.8. The summed E-state index contributed by atoms with van der Waals surface area (Å²) in [5.74, 6) is 0. The second-order valence-electron chi connectivity index (χ2n) is 4.14. The third kappa shape index (κ3) is 1.88. The molecule has 3 rings (SSSR count). The number of aromatic amines is 1. The fraction of sp³-hybridized carbons (Fsp3) is 0.0714. The van der Waals surface area contributed by atoms with Crippen molar-refractivity contribution in [3.05, 3.63) is 64.8 Å². The number of halogens is 1. The summed E-state index contributed by atoms with van der Waals surface area (Å²) in [5.41, 5.74) is 2.42. The van der Waals surface area contributed by atoms with Crippen molar-refractivity contribution in [3.63, 3.8) is 0 Å². The number of hydrogen-bond donors (Lipinski definition) is 2. The average Bonchev–Trinajstić information content (AvgIpc) is 2.86. The number of hydrogen-bond acceptors (Lipinski definition) is 2. The van der Waals surface area contributed by atoms with E-state index in [1.165, 1.54) is 0 Å². The van der Waals surface area contributed by atoms with E-state index in [9.17, 15) is 5.11 Å². The van der Waals surface area contributed by atoms with Crippen LogP contribution in [0.25, 0.3) is 10.9 Å². The van der Waals surface area contributed by atoms with E-state index in [-0.39, 0.29) is 0 Å². The lowest BCUT2D eigenvalue weighted by Gasteiger charge is -2.12. The first-order valence-electron chi connectivity index (χ1n) is 5.61. The van der Waals surface area contributed by atoms with Gasteiger partial charge in [0.25, 0.3) is 0 Å². The molecule has 1 atom stereocenters. The minimum atomic E-state index is -0.704. The SMILES string of the molecule is OC(c1ccccc1)c1cc(Cl)cc2[nH]ncc12. The lowest BCUT2D eigenvalue weighted by Crippen LogP contribution is -1.99. The molecule has 0 fully saturated rings. The molecule has 1 unspecified atom stereocenters. The van der Waals surface area contributed by atoms with Crippen molar-refractivity contribution < 1.29 is 5.11 Å². The molecule has 0 spiro atoms. The van der Waals surface area contributed by atoms with E-state index in [1.54, 1.807) is 18.3 Å². The van der Waals surface area contributed by atoms with Crippen molar-refractivity contribution in [3.8, 4) is 0 Å². The lowest BCUT2D eigenvalue weighted by atomic mass is 9.99. The van der Waals surface area contributed by atoms with Crippen molar-refractivity contribution >= 4 is 22.5 Å². The van der Waals surface area contributed by atoms with Crippen LogP contribution >= 0.6 is 11.6 Å². The molecule has 0 saturated carbocycles. The zero-order valence-corrected chi connectivity index (χ0v) is 10.2. The first kappa shape index (κ1) is 11.3. The van der Waals surface area contributed by atoms with Gasteiger partial charge in [0.15, 0.2) is 0 Å². The third-order valence-electron chi connectivity index (χ3n) is 2.97. The van der Waals surface area contributed by atoms with Gasteiger partial charge in [-0.2, -0.15) is 5.10 Å². The highest BCUT2D eigenvalue weighted by Crippen LogP contribution is 2.30. The Hall–Kier alpha value is -1.84. The van der Waals surface area contributed by atoms with Gasteiger partial charge in [-0.05, 0) is 23.3 Å². The molecule has 3 nitrogen and oxygen atoms in total. The van der Waals surface area contributed by atoms with Gasteiger partial charge in [-0.3, -0.25) is 5.10 Å². The Morgan fingerprint density at radius 1 is 1.17 bits per heavy atom. The Bertz CT molecular complexity index is 679. The standard InChI is InChI=1S/C14H11ClN2O/c15-10-6-11(12-8-16-17-13(12)7-10)14(18)9-4-2-1-3-5-9/h1-8,14,18H,(H,16,17). The van der Waals surface area contributed by atoms with Crippen LogP contribution in [0.4, 0.5) is 0 Å². The molecule has 1 heterocycles. The molecule has 0 saturated heterocycles. The number of aliphatic hydroxyl groups is 1. The van der Waals surface area contributed by atoms with E-state index < -0.39 is 6.10 Å². The largest absolute Gasteiger partial charge is 0.384 e. The summed E-state index contributed by atoms with van der Waals surface area (Å²) >= 11 is 6.05. The van der Waals surface area contributed by atoms with Gasteiger partial charge in [0, 0.05) is 10.4 Å². The Kier molecular flexibility index (Phi) is 2.78. The number of benzene rings is 2. The molecule has 0 radical (unpaired) electrons. The van der Waals surface area contributed by atoms with Crippen LogP contribution in [0.1, 0.15) is 17.2 Å². The molecule has 2 N–H and O–H groups in total. The molecule has 0 aliphatic carbocycles. The first-order valence-corrected chi connectivity index (χ1v) is 5.99. The van der Waals surface area contributed by atoms with Crippen LogP contribution in [0.3, 0.4) is 0 Å². The van der Waals surface area contributed by atoms with Crippen LogP contribution in [-0.4, -0.2) is 15.3 Å². The van der Waals surface area contributed by atoms with Crippen molar-refractivity contribution in [2.45, 2.75) is 6.10 Å². The summed E-state index contributed by atoms with van der Waals surface area (Å²) < 4.78 is 0. The number of aromatic nitrogens is 2. The van der Waals surface area contributed by atoms with Crippen LogP contribution < -0.4 is 0 Å². The number of nitrogens with one attached hydrogen (secondary N) is 1. The van der Waals surface area contributed by atoms with Gasteiger partial charge in [-0.15, -0.1) is 0 Å². The molecule has 0 bridgehead atoms. The lowest BCUT2D eigenvalue weighted by molar-refractivity contribution is 0.222. The summed E-state index contributed by atoms with van der Waals surface area (Å²) in [4.78, 5) is 0. The zero-order chi connectivity index (χ0) is 12.5. The van der Waals surface area contributed by atoms with Crippen molar-refractivity contribution in [1.82, 2.24) is 10.2 Å². The fourth-order valence-corrected chi connectivity index (χ4v) is 2.31. The number of rotatable bonds is 2. The summed E-state index contributed by atoms with van der Waals surface area (Å²) in [6, 6.07) is 13.1. The number of nitrogens with zero attached hydrogens (tertiary/aromatic N) is 1. The topological polar surface area (TPSA) is 48.9 Å². The zero-order valence-electron chi connectivity index (χ0n) is 9.47. The summed E-state index contributed by atoms with van der Waals surface area (Å²) in [6.45, 7) is 0. The maximum atomic E-state index is 10.4. The molecule has 0 aliphatic heterocycles. The summed E-state index contributed by atoms with van der Waals surface area (Å²) in [6.07, 6.45) is 0.998. The molecule has 0 aliphatic rings. The number of aliphatic hydroxyl groups excluding tert-OH is 1. The molecule has 4 heteroatoms.